The van der Waals surface area contributed by atoms with E-state index < -0.39 is 4.92 Å². The van der Waals surface area contributed by atoms with Gasteiger partial charge in [0, 0.05) is 0 Å². The number of aromatic nitrogens is 1. The summed E-state index contributed by atoms with van der Waals surface area (Å²) in [4.78, 5) is 10.4. The predicted molar refractivity (Wildman–Crippen MR) is 63.5 cm³/mol. The lowest BCUT2D eigenvalue weighted by atomic mass is 9.89. The van der Waals surface area contributed by atoms with Gasteiger partial charge in [-0.2, -0.15) is 0 Å². The number of nitrogens with zero attached hydrogens (tertiary/aromatic N) is 2. The van der Waals surface area contributed by atoms with Crippen LogP contribution in [-0.2, 0) is 0 Å². The van der Waals surface area contributed by atoms with Crippen LogP contribution in [0.2, 0.25) is 0 Å². The Bertz CT molecular complexity index is 431. The van der Waals surface area contributed by atoms with E-state index in [0.29, 0.717) is 11.6 Å². The quantitative estimate of drug-likeness (QED) is 0.595. The van der Waals surface area contributed by atoms with E-state index in [9.17, 15) is 10.1 Å². The van der Waals surface area contributed by atoms with Gasteiger partial charge in [0.05, 0.1) is 4.92 Å². The number of rotatable bonds is 3. The van der Waals surface area contributed by atoms with E-state index in [-0.39, 0.29) is 11.4 Å². The Hall–Kier alpha value is -1.65. The van der Waals surface area contributed by atoms with Crippen LogP contribution in [0.4, 0.5) is 5.69 Å². The number of nitro groups is 1. The molecule has 92 valence electrons. The Labute approximate surface area is 99.6 Å². The van der Waals surface area contributed by atoms with E-state index in [0.717, 1.165) is 12.8 Å². The molecular formula is C12H16N2O3. The number of hydrogen-bond donors (Lipinski definition) is 0. The molecule has 0 amide bonds. The van der Waals surface area contributed by atoms with Crippen molar-refractivity contribution in [3.63, 3.8) is 0 Å². The third-order valence-electron chi connectivity index (χ3n) is 3.21. The van der Waals surface area contributed by atoms with Gasteiger partial charge in [0.1, 0.15) is 0 Å². The summed E-state index contributed by atoms with van der Waals surface area (Å²) in [6.07, 6.45) is 9.83. The van der Waals surface area contributed by atoms with E-state index in [1.165, 1.54) is 19.3 Å². The highest BCUT2D eigenvalue weighted by atomic mass is 16.6. The maximum absolute atomic E-state index is 10.8. The summed E-state index contributed by atoms with van der Waals surface area (Å²) < 4.78 is 4.97. The van der Waals surface area contributed by atoms with Crippen molar-refractivity contribution in [2.75, 3.05) is 0 Å². The van der Waals surface area contributed by atoms with Gasteiger partial charge in [-0.1, -0.05) is 30.5 Å². The SMILES string of the molecule is Cc1noc(C=CC2CCCCC2)c1[N+](=O)[O-]. The molecule has 0 bridgehead atoms. The molecule has 1 aliphatic rings. The molecule has 0 saturated heterocycles. The molecular weight excluding hydrogens is 220 g/mol. The van der Waals surface area contributed by atoms with Crippen molar-refractivity contribution >= 4 is 11.8 Å². The molecule has 0 unspecified atom stereocenters. The monoisotopic (exact) mass is 236 g/mol. The topological polar surface area (TPSA) is 69.2 Å². The predicted octanol–water partition coefficient (Wildman–Crippen LogP) is 3.48. The van der Waals surface area contributed by atoms with Crippen LogP contribution >= 0.6 is 0 Å². The summed E-state index contributed by atoms with van der Waals surface area (Å²) in [5.41, 5.74) is 0.315. The van der Waals surface area contributed by atoms with Gasteiger partial charge in [-0.05, 0) is 31.8 Å². The van der Waals surface area contributed by atoms with Crippen molar-refractivity contribution in [2.24, 2.45) is 5.92 Å². The largest absolute Gasteiger partial charge is 0.349 e. The summed E-state index contributed by atoms with van der Waals surface area (Å²) in [7, 11) is 0. The van der Waals surface area contributed by atoms with Crippen molar-refractivity contribution in [3.8, 4) is 0 Å². The van der Waals surface area contributed by atoms with E-state index >= 15 is 0 Å². The number of hydrogen-bond acceptors (Lipinski definition) is 4. The zero-order valence-electron chi connectivity index (χ0n) is 9.89. The molecule has 0 aromatic carbocycles. The number of allylic oxidation sites excluding steroid dienone is 1. The lowest BCUT2D eigenvalue weighted by molar-refractivity contribution is -0.386. The minimum atomic E-state index is -0.438. The van der Waals surface area contributed by atoms with Gasteiger partial charge in [-0.25, -0.2) is 0 Å². The molecule has 0 atom stereocenters. The van der Waals surface area contributed by atoms with Crippen LogP contribution in [0.1, 0.15) is 43.6 Å². The van der Waals surface area contributed by atoms with Crippen molar-refractivity contribution in [1.82, 2.24) is 5.16 Å². The fourth-order valence-electron chi connectivity index (χ4n) is 2.26. The first-order valence-corrected chi connectivity index (χ1v) is 5.97. The summed E-state index contributed by atoms with van der Waals surface area (Å²) in [6.45, 7) is 1.58. The van der Waals surface area contributed by atoms with Crippen molar-refractivity contribution in [1.29, 1.82) is 0 Å². The fraction of sp³-hybridized carbons (Fsp3) is 0.583. The van der Waals surface area contributed by atoms with Crippen molar-refractivity contribution in [3.05, 3.63) is 27.6 Å². The summed E-state index contributed by atoms with van der Waals surface area (Å²) in [5, 5.41) is 14.5. The molecule has 5 heteroatoms. The average Bonchev–Trinajstić information content (AvgIpc) is 2.69. The van der Waals surface area contributed by atoms with E-state index in [1.54, 1.807) is 13.0 Å². The van der Waals surface area contributed by atoms with Gasteiger partial charge in [0.2, 0.25) is 5.76 Å². The first-order valence-electron chi connectivity index (χ1n) is 5.97. The molecule has 1 heterocycles. The zero-order chi connectivity index (χ0) is 12.3. The first-order chi connectivity index (χ1) is 8.18. The third kappa shape index (κ3) is 2.72. The lowest BCUT2D eigenvalue weighted by Gasteiger charge is -2.17. The Morgan fingerprint density at radius 3 is 2.76 bits per heavy atom. The lowest BCUT2D eigenvalue weighted by Crippen LogP contribution is -2.02. The van der Waals surface area contributed by atoms with Crippen molar-refractivity contribution in [2.45, 2.75) is 39.0 Å². The van der Waals surface area contributed by atoms with E-state index in [1.807, 2.05) is 6.08 Å². The molecule has 0 N–H and O–H groups in total. The minimum absolute atomic E-state index is 0.0166. The highest BCUT2D eigenvalue weighted by molar-refractivity contribution is 5.56. The molecule has 1 aromatic heterocycles. The highest BCUT2D eigenvalue weighted by Crippen LogP contribution is 2.28. The van der Waals surface area contributed by atoms with Gasteiger partial charge in [0.25, 0.3) is 0 Å². The highest BCUT2D eigenvalue weighted by Gasteiger charge is 2.22. The van der Waals surface area contributed by atoms with Crippen LogP contribution in [0.3, 0.4) is 0 Å². The molecule has 1 aliphatic carbocycles. The van der Waals surface area contributed by atoms with E-state index in [2.05, 4.69) is 5.16 Å². The Morgan fingerprint density at radius 1 is 1.41 bits per heavy atom. The minimum Gasteiger partial charge on any atom is -0.349 e. The van der Waals surface area contributed by atoms with Gasteiger partial charge in [-0.3, -0.25) is 10.1 Å². The average molecular weight is 236 g/mol. The van der Waals surface area contributed by atoms with Crippen LogP contribution in [-0.4, -0.2) is 10.1 Å². The molecule has 0 spiro atoms. The molecule has 2 rings (SSSR count). The normalized spacial score (nSPS) is 17.7. The fourth-order valence-corrected chi connectivity index (χ4v) is 2.26. The summed E-state index contributed by atoms with van der Waals surface area (Å²) in [5.74, 6) is 0.784. The Balaban J connectivity index is 2.12. The van der Waals surface area contributed by atoms with Crippen LogP contribution < -0.4 is 0 Å². The second-order valence-corrected chi connectivity index (χ2v) is 4.50. The smallest absolute Gasteiger partial charge is 0.338 e. The Kier molecular flexibility index (Phi) is 3.56. The van der Waals surface area contributed by atoms with Gasteiger partial charge in [-0.15, -0.1) is 0 Å². The molecule has 1 aromatic rings. The standard InChI is InChI=1S/C12H16N2O3/c1-9-12(14(15)16)11(17-13-9)8-7-10-5-3-2-4-6-10/h7-8,10H,2-6H2,1H3. The maximum atomic E-state index is 10.8. The van der Waals surface area contributed by atoms with Crippen molar-refractivity contribution < 1.29 is 9.45 Å². The van der Waals surface area contributed by atoms with E-state index in [4.69, 9.17) is 4.52 Å². The van der Waals surface area contributed by atoms with Crippen LogP contribution in [0.5, 0.6) is 0 Å². The van der Waals surface area contributed by atoms with Crippen LogP contribution in [0, 0.1) is 23.0 Å². The molecule has 0 aliphatic heterocycles. The molecule has 1 saturated carbocycles. The summed E-state index contributed by atoms with van der Waals surface area (Å²) >= 11 is 0. The molecule has 0 radical (unpaired) electrons. The molecule has 17 heavy (non-hydrogen) atoms. The first kappa shape index (κ1) is 11.8. The third-order valence-corrected chi connectivity index (χ3v) is 3.21. The summed E-state index contributed by atoms with van der Waals surface area (Å²) in [6, 6.07) is 0. The maximum Gasteiger partial charge on any atom is 0.338 e. The number of aryl methyl sites for hydroxylation is 1. The molecule has 1 fully saturated rings. The zero-order valence-corrected chi connectivity index (χ0v) is 9.89. The Morgan fingerprint density at radius 2 is 2.12 bits per heavy atom. The van der Waals surface area contributed by atoms with Crippen LogP contribution in [0.25, 0.3) is 6.08 Å². The second-order valence-electron chi connectivity index (χ2n) is 4.50. The van der Waals surface area contributed by atoms with Gasteiger partial charge in [0.15, 0.2) is 5.69 Å². The van der Waals surface area contributed by atoms with Crippen LogP contribution in [0.15, 0.2) is 10.6 Å². The van der Waals surface area contributed by atoms with Gasteiger partial charge < -0.3 is 4.52 Å². The van der Waals surface area contributed by atoms with Gasteiger partial charge >= 0.3 is 5.69 Å². The molecule has 5 nitrogen and oxygen atoms in total. The second kappa shape index (κ2) is 5.12.